The van der Waals surface area contributed by atoms with Crippen molar-refractivity contribution in [2.24, 2.45) is 0 Å². The molecule has 0 atom stereocenters. The molecule has 0 aliphatic heterocycles. The summed E-state index contributed by atoms with van der Waals surface area (Å²) in [5.74, 6) is -0.547. The molecule has 6 heteroatoms. The highest BCUT2D eigenvalue weighted by Crippen LogP contribution is 2.24. The van der Waals surface area contributed by atoms with Gasteiger partial charge in [-0.15, -0.1) is 0 Å². The molecule has 1 heterocycles. The summed E-state index contributed by atoms with van der Waals surface area (Å²) in [6, 6.07) is 7.76. The lowest BCUT2D eigenvalue weighted by atomic mass is 10.2. The molecule has 0 unspecified atom stereocenters. The molecular weight excluding hydrogens is 391 g/mol. The van der Waals surface area contributed by atoms with Crippen LogP contribution < -0.4 is 5.32 Å². The van der Waals surface area contributed by atoms with Crippen LogP contribution in [0.2, 0.25) is 0 Å². The molecule has 0 bridgehead atoms. The highest BCUT2D eigenvalue weighted by atomic mass is 79.9. The Morgan fingerprint density at radius 3 is 2.55 bits per heavy atom. The number of amides is 1. The maximum Gasteiger partial charge on any atom is 0.255 e. The highest BCUT2D eigenvalue weighted by molar-refractivity contribution is 9.11. The summed E-state index contributed by atoms with van der Waals surface area (Å²) in [6.07, 6.45) is 0. The fraction of sp³-hybridized carbons (Fsp3) is 0.143. The van der Waals surface area contributed by atoms with E-state index in [9.17, 15) is 9.18 Å². The van der Waals surface area contributed by atoms with Crippen molar-refractivity contribution in [1.29, 1.82) is 0 Å². The Hall–Kier alpha value is -1.27. The molecule has 0 fully saturated rings. The lowest BCUT2D eigenvalue weighted by Gasteiger charge is -2.09. The van der Waals surface area contributed by atoms with Crippen molar-refractivity contribution in [3.63, 3.8) is 0 Å². The first kappa shape index (κ1) is 15.1. The Labute approximate surface area is 132 Å². The van der Waals surface area contributed by atoms with E-state index in [0.29, 0.717) is 21.2 Å². The van der Waals surface area contributed by atoms with E-state index in [1.54, 1.807) is 18.2 Å². The average Bonchev–Trinajstić information content (AvgIpc) is 2.37. The van der Waals surface area contributed by atoms with Gasteiger partial charge in [0.05, 0.1) is 5.56 Å². The van der Waals surface area contributed by atoms with Gasteiger partial charge in [0.25, 0.3) is 5.91 Å². The fourth-order valence-corrected chi connectivity index (χ4v) is 3.31. The Bertz CT molecular complexity index is 621. The number of halogens is 3. The lowest BCUT2D eigenvalue weighted by molar-refractivity contribution is 0.0949. The van der Waals surface area contributed by atoms with Crippen LogP contribution in [0.5, 0.6) is 0 Å². The molecule has 2 aromatic rings. The summed E-state index contributed by atoms with van der Waals surface area (Å²) >= 11 is 6.64. The summed E-state index contributed by atoms with van der Waals surface area (Å²) in [5.41, 5.74) is 2.07. The summed E-state index contributed by atoms with van der Waals surface area (Å²) in [7, 11) is 0. The molecule has 1 aromatic heterocycles. The number of carbonyl (C=O) groups excluding carboxylic acids is 1. The molecule has 3 nitrogen and oxygen atoms in total. The van der Waals surface area contributed by atoms with Crippen LogP contribution in [-0.4, -0.2) is 10.9 Å². The minimum Gasteiger partial charge on any atom is -0.348 e. The Balaban J connectivity index is 2.11. The lowest BCUT2D eigenvalue weighted by Crippen LogP contribution is -2.24. The fourth-order valence-electron chi connectivity index (χ4n) is 1.67. The standard InChI is InChI=1S/C14H11Br2FN2O/c1-8-6-11(15)12(13(16)19-8)14(20)18-7-9-2-4-10(17)5-3-9/h2-6H,7H2,1H3,(H,18,20). The molecule has 0 aliphatic carbocycles. The monoisotopic (exact) mass is 400 g/mol. The molecule has 0 saturated carbocycles. The van der Waals surface area contributed by atoms with Crippen molar-refractivity contribution in [3.05, 3.63) is 62.0 Å². The van der Waals surface area contributed by atoms with Crippen LogP contribution in [0.25, 0.3) is 0 Å². The molecule has 20 heavy (non-hydrogen) atoms. The number of nitrogens with one attached hydrogen (secondary N) is 1. The number of hydrogen-bond donors (Lipinski definition) is 1. The maximum atomic E-state index is 12.8. The number of carbonyl (C=O) groups is 1. The second-order valence-electron chi connectivity index (χ2n) is 4.22. The highest BCUT2D eigenvalue weighted by Gasteiger charge is 2.15. The van der Waals surface area contributed by atoms with E-state index in [0.717, 1.165) is 11.3 Å². The second kappa shape index (κ2) is 6.45. The Morgan fingerprint density at radius 2 is 1.95 bits per heavy atom. The topological polar surface area (TPSA) is 42.0 Å². The van der Waals surface area contributed by atoms with Crippen molar-refractivity contribution < 1.29 is 9.18 Å². The van der Waals surface area contributed by atoms with E-state index < -0.39 is 0 Å². The Kier molecular flexibility index (Phi) is 4.88. The third kappa shape index (κ3) is 3.64. The number of aromatic nitrogens is 1. The van der Waals surface area contributed by atoms with E-state index in [2.05, 4.69) is 42.2 Å². The average molecular weight is 402 g/mol. The van der Waals surface area contributed by atoms with Gasteiger partial charge in [0, 0.05) is 16.7 Å². The van der Waals surface area contributed by atoms with Crippen LogP contribution in [0.4, 0.5) is 4.39 Å². The molecule has 0 radical (unpaired) electrons. The van der Waals surface area contributed by atoms with E-state index in [1.165, 1.54) is 12.1 Å². The zero-order valence-corrected chi connectivity index (χ0v) is 13.8. The number of hydrogen-bond acceptors (Lipinski definition) is 2. The smallest absolute Gasteiger partial charge is 0.255 e. The molecule has 2 rings (SSSR count). The Morgan fingerprint density at radius 1 is 1.30 bits per heavy atom. The summed E-state index contributed by atoms with van der Waals surface area (Å²) in [4.78, 5) is 16.4. The van der Waals surface area contributed by atoms with Crippen LogP contribution in [0.15, 0.2) is 39.4 Å². The first-order valence-corrected chi connectivity index (χ1v) is 7.41. The third-order valence-corrected chi connectivity index (χ3v) is 3.85. The van der Waals surface area contributed by atoms with Gasteiger partial charge in [-0.25, -0.2) is 9.37 Å². The van der Waals surface area contributed by atoms with E-state index in [4.69, 9.17) is 0 Å². The van der Waals surface area contributed by atoms with Crippen LogP contribution in [0.3, 0.4) is 0 Å². The van der Waals surface area contributed by atoms with Crippen molar-refractivity contribution in [2.75, 3.05) is 0 Å². The van der Waals surface area contributed by atoms with Gasteiger partial charge in [-0.1, -0.05) is 12.1 Å². The van der Waals surface area contributed by atoms with Gasteiger partial charge >= 0.3 is 0 Å². The SMILES string of the molecule is Cc1cc(Br)c(C(=O)NCc2ccc(F)cc2)c(Br)n1. The van der Waals surface area contributed by atoms with Gasteiger partial charge in [0.2, 0.25) is 0 Å². The number of aryl methyl sites for hydroxylation is 1. The quantitative estimate of drug-likeness (QED) is 0.790. The predicted octanol–water partition coefficient (Wildman–Crippen LogP) is 3.98. The zero-order valence-electron chi connectivity index (χ0n) is 10.6. The van der Waals surface area contributed by atoms with Crippen LogP contribution >= 0.6 is 31.9 Å². The second-order valence-corrected chi connectivity index (χ2v) is 5.83. The maximum absolute atomic E-state index is 12.8. The van der Waals surface area contributed by atoms with E-state index in [-0.39, 0.29) is 11.7 Å². The molecule has 104 valence electrons. The van der Waals surface area contributed by atoms with Crippen molar-refractivity contribution in [2.45, 2.75) is 13.5 Å². The van der Waals surface area contributed by atoms with Crippen molar-refractivity contribution >= 4 is 37.8 Å². The molecule has 1 aromatic carbocycles. The number of rotatable bonds is 3. The third-order valence-electron chi connectivity index (χ3n) is 2.65. The molecule has 0 spiro atoms. The predicted molar refractivity (Wildman–Crippen MR) is 81.9 cm³/mol. The molecular formula is C14H11Br2FN2O. The molecule has 0 saturated heterocycles. The van der Waals surface area contributed by atoms with Crippen LogP contribution in [0, 0.1) is 12.7 Å². The zero-order chi connectivity index (χ0) is 14.7. The largest absolute Gasteiger partial charge is 0.348 e. The summed E-state index contributed by atoms with van der Waals surface area (Å²) in [5, 5.41) is 2.77. The summed E-state index contributed by atoms with van der Waals surface area (Å²) in [6.45, 7) is 2.17. The minimum atomic E-state index is -0.298. The van der Waals surface area contributed by atoms with Crippen molar-refractivity contribution in [3.8, 4) is 0 Å². The number of nitrogens with zero attached hydrogens (tertiary/aromatic N) is 1. The van der Waals surface area contributed by atoms with Gasteiger partial charge in [-0.05, 0) is 62.5 Å². The first-order valence-electron chi connectivity index (χ1n) is 5.82. The van der Waals surface area contributed by atoms with Gasteiger partial charge in [0.1, 0.15) is 10.4 Å². The van der Waals surface area contributed by atoms with E-state index in [1.807, 2.05) is 6.92 Å². The first-order chi connectivity index (χ1) is 9.47. The van der Waals surface area contributed by atoms with Crippen molar-refractivity contribution in [1.82, 2.24) is 10.3 Å². The molecule has 1 N–H and O–H groups in total. The summed E-state index contributed by atoms with van der Waals surface area (Å²) < 4.78 is 13.9. The minimum absolute atomic E-state index is 0.249. The normalized spacial score (nSPS) is 10.4. The number of benzene rings is 1. The van der Waals surface area contributed by atoms with Gasteiger partial charge in [-0.2, -0.15) is 0 Å². The molecule has 0 aliphatic rings. The van der Waals surface area contributed by atoms with Crippen LogP contribution in [0.1, 0.15) is 21.6 Å². The van der Waals surface area contributed by atoms with Gasteiger partial charge < -0.3 is 5.32 Å². The number of pyridine rings is 1. The molecule has 1 amide bonds. The van der Waals surface area contributed by atoms with Gasteiger partial charge in [-0.3, -0.25) is 4.79 Å². The van der Waals surface area contributed by atoms with E-state index >= 15 is 0 Å². The van der Waals surface area contributed by atoms with Gasteiger partial charge in [0.15, 0.2) is 0 Å². The van der Waals surface area contributed by atoms with Crippen LogP contribution in [-0.2, 0) is 6.54 Å².